The highest BCUT2D eigenvalue weighted by atomic mass is 35.5. The molecule has 3 heterocycles. The zero-order valence-electron chi connectivity index (χ0n) is 15.9. The lowest BCUT2D eigenvalue weighted by molar-refractivity contribution is -0.121. The Morgan fingerprint density at radius 1 is 1.17 bits per heavy atom. The van der Waals surface area contributed by atoms with Gasteiger partial charge in [-0.25, -0.2) is 0 Å². The SMILES string of the molecule is Cn1c(=O)c2sccc2n2c(CCCC(=O)NCCc3ccc(Cl)cc3)nnc12. The van der Waals surface area contributed by atoms with E-state index in [1.165, 1.54) is 15.9 Å². The number of hydrogen-bond acceptors (Lipinski definition) is 5. The van der Waals surface area contributed by atoms with E-state index in [1.54, 1.807) is 7.05 Å². The minimum absolute atomic E-state index is 0.0147. The van der Waals surface area contributed by atoms with Crippen molar-refractivity contribution in [1.29, 1.82) is 0 Å². The number of carbonyl (C=O) groups excluding carboxylic acids is 1. The largest absolute Gasteiger partial charge is 0.356 e. The van der Waals surface area contributed by atoms with Crippen molar-refractivity contribution in [3.05, 3.63) is 62.5 Å². The molecule has 9 heteroatoms. The maximum absolute atomic E-state index is 12.4. The smallest absolute Gasteiger partial charge is 0.272 e. The third-order valence-corrected chi connectivity index (χ3v) is 5.99. The second kappa shape index (κ2) is 8.34. The van der Waals surface area contributed by atoms with Crippen molar-refractivity contribution in [2.24, 2.45) is 7.05 Å². The topological polar surface area (TPSA) is 81.3 Å². The van der Waals surface area contributed by atoms with Crippen molar-refractivity contribution >= 4 is 44.8 Å². The molecule has 0 spiro atoms. The second-order valence-corrected chi connectivity index (χ2v) is 8.18. The zero-order chi connectivity index (χ0) is 20.4. The van der Waals surface area contributed by atoms with Crippen LogP contribution in [0.2, 0.25) is 5.02 Å². The van der Waals surface area contributed by atoms with Crippen molar-refractivity contribution in [3.63, 3.8) is 0 Å². The molecule has 0 aliphatic heterocycles. The van der Waals surface area contributed by atoms with Crippen LogP contribution in [0.1, 0.15) is 24.2 Å². The first-order chi connectivity index (χ1) is 14.0. The summed E-state index contributed by atoms with van der Waals surface area (Å²) in [6, 6.07) is 9.53. The lowest BCUT2D eigenvalue weighted by atomic mass is 10.1. The molecule has 0 radical (unpaired) electrons. The molecule has 7 nitrogen and oxygen atoms in total. The molecule has 0 unspecified atom stereocenters. The Hall–Kier alpha value is -2.71. The summed E-state index contributed by atoms with van der Waals surface area (Å²) in [5, 5.41) is 14.0. The Bertz CT molecular complexity index is 1230. The Balaban J connectivity index is 1.35. The minimum Gasteiger partial charge on any atom is -0.356 e. The van der Waals surface area contributed by atoms with Gasteiger partial charge in [-0.15, -0.1) is 21.5 Å². The zero-order valence-corrected chi connectivity index (χ0v) is 17.5. The van der Waals surface area contributed by atoms with Crippen LogP contribution < -0.4 is 10.9 Å². The van der Waals surface area contributed by atoms with Crippen LogP contribution in [0.5, 0.6) is 0 Å². The molecule has 0 aliphatic carbocycles. The summed E-state index contributed by atoms with van der Waals surface area (Å²) in [5.74, 6) is 1.29. The predicted octanol–water partition coefficient (Wildman–Crippen LogP) is 2.98. The van der Waals surface area contributed by atoms with E-state index in [0.717, 1.165) is 23.3 Å². The third-order valence-electron chi connectivity index (χ3n) is 4.85. The van der Waals surface area contributed by atoms with E-state index >= 15 is 0 Å². The first-order valence-electron chi connectivity index (χ1n) is 9.36. The number of nitrogens with one attached hydrogen (secondary N) is 1. The van der Waals surface area contributed by atoms with Crippen LogP contribution >= 0.6 is 22.9 Å². The molecule has 0 fully saturated rings. The van der Waals surface area contributed by atoms with Crippen molar-refractivity contribution in [3.8, 4) is 0 Å². The number of benzene rings is 1. The summed E-state index contributed by atoms with van der Waals surface area (Å²) in [6.45, 7) is 0.589. The van der Waals surface area contributed by atoms with Crippen molar-refractivity contribution in [2.75, 3.05) is 6.54 Å². The number of thiophene rings is 1. The molecule has 3 aromatic heterocycles. The Kier molecular flexibility index (Phi) is 5.64. The molecule has 150 valence electrons. The van der Waals surface area contributed by atoms with Crippen LogP contribution in [0.25, 0.3) is 16.0 Å². The second-order valence-electron chi connectivity index (χ2n) is 6.83. The monoisotopic (exact) mass is 429 g/mol. The fourth-order valence-corrected chi connectivity index (χ4v) is 4.28. The number of nitrogens with zero attached hydrogens (tertiary/aromatic N) is 4. The van der Waals surface area contributed by atoms with E-state index in [0.29, 0.717) is 41.3 Å². The summed E-state index contributed by atoms with van der Waals surface area (Å²) >= 11 is 7.29. The van der Waals surface area contributed by atoms with Crippen molar-refractivity contribution < 1.29 is 4.79 Å². The number of aromatic nitrogens is 4. The quantitative estimate of drug-likeness (QED) is 0.489. The summed E-state index contributed by atoms with van der Waals surface area (Å²) < 4.78 is 4.10. The summed E-state index contributed by atoms with van der Waals surface area (Å²) in [5.41, 5.74) is 1.89. The number of fused-ring (bicyclic) bond motifs is 3. The number of aryl methyl sites for hydroxylation is 2. The average molecular weight is 430 g/mol. The lowest BCUT2D eigenvalue weighted by Gasteiger charge is -2.06. The Labute approximate surface area is 175 Å². The van der Waals surface area contributed by atoms with Gasteiger partial charge in [0.25, 0.3) is 5.56 Å². The molecule has 0 atom stereocenters. The molecule has 0 bridgehead atoms. The van der Waals surface area contributed by atoms with Gasteiger partial charge < -0.3 is 5.32 Å². The van der Waals surface area contributed by atoms with Crippen LogP contribution in [-0.4, -0.2) is 31.6 Å². The number of amides is 1. The Morgan fingerprint density at radius 3 is 2.76 bits per heavy atom. The van der Waals surface area contributed by atoms with Crippen molar-refractivity contribution in [2.45, 2.75) is 25.7 Å². The number of hydrogen-bond donors (Lipinski definition) is 1. The lowest BCUT2D eigenvalue weighted by Crippen LogP contribution is -2.25. The van der Waals surface area contributed by atoms with E-state index in [4.69, 9.17) is 11.6 Å². The van der Waals surface area contributed by atoms with Crippen molar-refractivity contribution in [1.82, 2.24) is 24.5 Å². The summed E-state index contributed by atoms with van der Waals surface area (Å²) in [6.07, 6.45) is 2.44. The molecular weight excluding hydrogens is 410 g/mol. The molecule has 0 saturated carbocycles. The van der Waals surface area contributed by atoms with Crippen LogP contribution in [0, 0.1) is 0 Å². The first-order valence-corrected chi connectivity index (χ1v) is 10.6. The fourth-order valence-electron chi connectivity index (χ4n) is 3.31. The van der Waals surface area contributed by atoms with Gasteiger partial charge in [0.15, 0.2) is 0 Å². The van der Waals surface area contributed by atoms with Crippen LogP contribution in [0.4, 0.5) is 0 Å². The van der Waals surface area contributed by atoms with Crippen LogP contribution in [0.15, 0.2) is 40.5 Å². The standard InChI is InChI=1S/C20H20ClN5O2S/c1-25-19(28)18-15(10-12-29-18)26-16(23-24-20(25)26)3-2-4-17(27)22-11-9-13-5-7-14(21)8-6-13/h5-8,10,12H,2-4,9,11H2,1H3,(H,22,27). The molecule has 0 saturated heterocycles. The molecule has 1 amide bonds. The van der Waals surface area contributed by atoms with Gasteiger partial charge >= 0.3 is 0 Å². The van der Waals surface area contributed by atoms with E-state index in [2.05, 4.69) is 15.5 Å². The van der Waals surface area contributed by atoms with Gasteiger partial charge in [-0.05, 0) is 42.0 Å². The van der Waals surface area contributed by atoms with Gasteiger partial charge in [0, 0.05) is 31.5 Å². The first kappa shape index (κ1) is 19.6. The number of halogens is 1. The van der Waals surface area contributed by atoms with E-state index in [-0.39, 0.29) is 11.5 Å². The molecule has 4 aromatic rings. The van der Waals surface area contributed by atoms with Gasteiger partial charge in [0.05, 0.1) is 5.52 Å². The fraction of sp³-hybridized carbons (Fsp3) is 0.300. The third kappa shape index (κ3) is 4.04. The van der Waals surface area contributed by atoms with E-state index in [1.807, 2.05) is 40.1 Å². The Morgan fingerprint density at radius 2 is 1.97 bits per heavy atom. The highest BCUT2D eigenvalue weighted by Crippen LogP contribution is 2.19. The maximum Gasteiger partial charge on any atom is 0.272 e. The molecule has 4 rings (SSSR count). The summed E-state index contributed by atoms with van der Waals surface area (Å²) in [4.78, 5) is 24.5. The van der Waals surface area contributed by atoms with Gasteiger partial charge in [0.1, 0.15) is 10.5 Å². The summed E-state index contributed by atoms with van der Waals surface area (Å²) in [7, 11) is 1.70. The molecule has 1 N–H and O–H groups in total. The number of rotatable bonds is 7. The van der Waals surface area contributed by atoms with Gasteiger partial charge in [0.2, 0.25) is 11.7 Å². The molecule has 29 heavy (non-hydrogen) atoms. The molecule has 1 aromatic carbocycles. The van der Waals surface area contributed by atoms with E-state index in [9.17, 15) is 9.59 Å². The highest BCUT2D eigenvalue weighted by molar-refractivity contribution is 7.17. The van der Waals surface area contributed by atoms with E-state index < -0.39 is 0 Å². The predicted molar refractivity (Wildman–Crippen MR) is 115 cm³/mol. The normalized spacial score (nSPS) is 11.4. The van der Waals surface area contributed by atoms with Gasteiger partial charge in [-0.1, -0.05) is 23.7 Å². The number of carbonyl (C=O) groups is 1. The molecular formula is C20H20ClN5O2S. The average Bonchev–Trinajstić information content (AvgIpc) is 3.35. The maximum atomic E-state index is 12.4. The molecule has 0 aliphatic rings. The highest BCUT2D eigenvalue weighted by Gasteiger charge is 2.15. The minimum atomic E-state index is -0.0680. The van der Waals surface area contributed by atoms with Gasteiger partial charge in [-0.3, -0.25) is 18.6 Å². The van der Waals surface area contributed by atoms with Crippen LogP contribution in [0.3, 0.4) is 0 Å². The van der Waals surface area contributed by atoms with Crippen LogP contribution in [-0.2, 0) is 24.7 Å². The van der Waals surface area contributed by atoms with Gasteiger partial charge in [-0.2, -0.15) is 0 Å².